The van der Waals surface area contributed by atoms with Gasteiger partial charge in [-0.05, 0) is 30.5 Å². The molecule has 1 N–H and O–H groups in total. The number of hydrogen-bond acceptors (Lipinski definition) is 5. The molecule has 0 unspecified atom stereocenters. The van der Waals surface area contributed by atoms with Crippen LogP contribution in [-0.2, 0) is 6.54 Å². The van der Waals surface area contributed by atoms with Crippen molar-refractivity contribution in [3.63, 3.8) is 0 Å². The fraction of sp³-hybridized carbons (Fsp3) is 0.357. The molecule has 0 aliphatic carbocycles. The Morgan fingerprint density at radius 3 is 3.00 bits per heavy atom. The van der Waals surface area contributed by atoms with Crippen molar-refractivity contribution in [3.05, 3.63) is 42.0 Å². The number of anilines is 1. The van der Waals surface area contributed by atoms with Gasteiger partial charge in [0.25, 0.3) is 0 Å². The van der Waals surface area contributed by atoms with E-state index in [9.17, 15) is 0 Å². The van der Waals surface area contributed by atoms with E-state index >= 15 is 0 Å². The van der Waals surface area contributed by atoms with Gasteiger partial charge in [0.05, 0.1) is 6.61 Å². The summed E-state index contributed by atoms with van der Waals surface area (Å²) >= 11 is 0. The van der Waals surface area contributed by atoms with E-state index in [0.717, 1.165) is 17.8 Å². The van der Waals surface area contributed by atoms with Crippen LogP contribution in [0.1, 0.15) is 24.5 Å². The molecule has 0 aromatic carbocycles. The predicted octanol–water partition coefficient (Wildman–Crippen LogP) is 2.58. The van der Waals surface area contributed by atoms with Gasteiger partial charge in [-0.15, -0.1) is 0 Å². The largest absolute Gasteiger partial charge is 0.478 e. The third kappa shape index (κ3) is 3.91. The number of nitrogens with zero attached hydrogens (tertiary/aromatic N) is 3. The second-order valence-corrected chi connectivity index (χ2v) is 4.25. The van der Waals surface area contributed by atoms with Gasteiger partial charge < -0.3 is 10.1 Å². The minimum Gasteiger partial charge on any atom is -0.478 e. The normalized spacial score (nSPS) is 10.2. The van der Waals surface area contributed by atoms with Crippen LogP contribution in [0.2, 0.25) is 0 Å². The Kier molecular flexibility index (Phi) is 4.66. The Balaban J connectivity index is 1.98. The van der Waals surface area contributed by atoms with Crippen LogP contribution in [0.3, 0.4) is 0 Å². The smallest absolute Gasteiger partial charge is 0.218 e. The third-order valence-electron chi connectivity index (χ3n) is 2.70. The van der Waals surface area contributed by atoms with E-state index in [1.807, 2.05) is 12.3 Å². The van der Waals surface area contributed by atoms with Crippen LogP contribution in [0.5, 0.6) is 5.88 Å². The van der Waals surface area contributed by atoms with Gasteiger partial charge in [0.2, 0.25) is 5.88 Å². The van der Waals surface area contributed by atoms with Crippen LogP contribution < -0.4 is 10.1 Å². The van der Waals surface area contributed by atoms with Crippen LogP contribution in [0.15, 0.2) is 30.9 Å². The highest BCUT2D eigenvalue weighted by molar-refractivity contribution is 5.38. The summed E-state index contributed by atoms with van der Waals surface area (Å²) in [5.41, 5.74) is 2.36. The summed E-state index contributed by atoms with van der Waals surface area (Å²) in [5, 5.41) is 3.25. The number of hydrogen-bond donors (Lipinski definition) is 1. The van der Waals surface area contributed by atoms with Gasteiger partial charge in [0.1, 0.15) is 12.1 Å². The van der Waals surface area contributed by atoms with E-state index in [4.69, 9.17) is 4.74 Å². The molecule has 0 bridgehead atoms. The number of aromatic nitrogens is 3. The molecular weight excluding hydrogens is 240 g/mol. The number of nitrogens with one attached hydrogen (secondary N) is 1. The Hall–Kier alpha value is -2.17. The molecule has 19 heavy (non-hydrogen) atoms. The molecule has 2 heterocycles. The lowest BCUT2D eigenvalue weighted by atomic mass is 10.1. The first-order chi connectivity index (χ1) is 9.29. The second kappa shape index (κ2) is 6.68. The predicted molar refractivity (Wildman–Crippen MR) is 74.1 cm³/mol. The molecule has 0 atom stereocenters. The van der Waals surface area contributed by atoms with Crippen molar-refractivity contribution in [2.24, 2.45) is 0 Å². The van der Waals surface area contributed by atoms with Crippen LogP contribution in [0.25, 0.3) is 0 Å². The maximum absolute atomic E-state index is 5.47. The van der Waals surface area contributed by atoms with Crippen molar-refractivity contribution in [3.8, 4) is 5.88 Å². The Bertz CT molecular complexity index is 530. The van der Waals surface area contributed by atoms with Gasteiger partial charge in [-0.25, -0.2) is 9.97 Å². The molecule has 0 aliphatic rings. The molecule has 2 aromatic heterocycles. The molecule has 0 spiro atoms. The van der Waals surface area contributed by atoms with E-state index < -0.39 is 0 Å². The molecule has 0 saturated heterocycles. The molecule has 0 amide bonds. The number of aryl methyl sites for hydroxylation is 1. The average Bonchev–Trinajstić information content (AvgIpc) is 2.45. The molecule has 100 valence electrons. The summed E-state index contributed by atoms with van der Waals surface area (Å²) in [6.45, 7) is 5.47. The van der Waals surface area contributed by atoms with Crippen LogP contribution >= 0.6 is 0 Å². The van der Waals surface area contributed by atoms with Crippen molar-refractivity contribution in [2.75, 3.05) is 11.9 Å². The number of pyridine rings is 1. The highest BCUT2D eigenvalue weighted by Gasteiger charge is 2.01. The molecule has 0 radical (unpaired) electrons. The van der Waals surface area contributed by atoms with Gasteiger partial charge in [-0.2, -0.15) is 0 Å². The summed E-state index contributed by atoms with van der Waals surface area (Å²) in [4.78, 5) is 12.4. The van der Waals surface area contributed by atoms with E-state index in [-0.39, 0.29) is 0 Å². The van der Waals surface area contributed by atoms with Gasteiger partial charge in [0, 0.05) is 25.0 Å². The van der Waals surface area contributed by atoms with Crippen LogP contribution in [0, 0.1) is 6.92 Å². The third-order valence-corrected chi connectivity index (χ3v) is 2.70. The lowest BCUT2D eigenvalue weighted by Gasteiger charge is -2.09. The lowest BCUT2D eigenvalue weighted by molar-refractivity contribution is 0.305. The second-order valence-electron chi connectivity index (χ2n) is 4.25. The summed E-state index contributed by atoms with van der Waals surface area (Å²) < 4.78 is 5.47. The zero-order valence-corrected chi connectivity index (χ0v) is 11.3. The minimum absolute atomic E-state index is 0.599. The maximum Gasteiger partial charge on any atom is 0.218 e. The van der Waals surface area contributed by atoms with Gasteiger partial charge in [-0.1, -0.05) is 6.92 Å². The van der Waals surface area contributed by atoms with Gasteiger partial charge in [-0.3, -0.25) is 4.98 Å². The topological polar surface area (TPSA) is 59.9 Å². The van der Waals surface area contributed by atoms with E-state index in [2.05, 4.69) is 34.1 Å². The van der Waals surface area contributed by atoms with Crippen LogP contribution in [-0.4, -0.2) is 21.6 Å². The van der Waals surface area contributed by atoms with E-state index in [1.165, 1.54) is 11.9 Å². The summed E-state index contributed by atoms with van der Waals surface area (Å²) in [7, 11) is 0. The highest BCUT2D eigenvalue weighted by Crippen LogP contribution is 2.13. The van der Waals surface area contributed by atoms with E-state index in [1.54, 1.807) is 12.3 Å². The van der Waals surface area contributed by atoms with Crippen molar-refractivity contribution < 1.29 is 4.74 Å². The molecule has 0 aliphatic heterocycles. The van der Waals surface area contributed by atoms with Gasteiger partial charge in [0.15, 0.2) is 0 Å². The molecule has 2 rings (SSSR count). The standard InChI is InChI=1S/C14H18N4O/c1-3-6-19-14-7-13(17-10-18-14)16-9-12-8-15-5-4-11(12)2/h4-5,7-8,10H,3,6,9H2,1-2H3,(H,16,17,18). The quantitative estimate of drug-likeness (QED) is 0.863. The highest BCUT2D eigenvalue weighted by atomic mass is 16.5. The first-order valence-corrected chi connectivity index (χ1v) is 6.38. The first-order valence-electron chi connectivity index (χ1n) is 6.38. The average molecular weight is 258 g/mol. The molecule has 0 fully saturated rings. The number of rotatable bonds is 6. The Morgan fingerprint density at radius 1 is 1.32 bits per heavy atom. The maximum atomic E-state index is 5.47. The zero-order chi connectivity index (χ0) is 13.5. The van der Waals surface area contributed by atoms with Crippen molar-refractivity contribution in [2.45, 2.75) is 26.8 Å². The first kappa shape index (κ1) is 13.3. The Labute approximate surface area is 113 Å². The van der Waals surface area contributed by atoms with Crippen molar-refractivity contribution in [1.82, 2.24) is 15.0 Å². The molecule has 5 nitrogen and oxygen atoms in total. The van der Waals surface area contributed by atoms with Gasteiger partial charge >= 0.3 is 0 Å². The molecule has 2 aromatic rings. The zero-order valence-electron chi connectivity index (χ0n) is 11.3. The fourth-order valence-corrected chi connectivity index (χ4v) is 1.59. The SMILES string of the molecule is CCCOc1cc(NCc2cnccc2C)ncn1. The monoisotopic (exact) mass is 258 g/mol. The lowest BCUT2D eigenvalue weighted by Crippen LogP contribution is -2.05. The molecular formula is C14H18N4O. The fourth-order valence-electron chi connectivity index (χ4n) is 1.59. The molecule has 0 saturated carbocycles. The van der Waals surface area contributed by atoms with Crippen molar-refractivity contribution in [1.29, 1.82) is 0 Å². The summed E-state index contributed by atoms with van der Waals surface area (Å²) in [5.74, 6) is 1.35. The molecule has 5 heteroatoms. The summed E-state index contributed by atoms with van der Waals surface area (Å²) in [6, 6.07) is 3.80. The minimum atomic E-state index is 0.599. The van der Waals surface area contributed by atoms with Crippen LogP contribution in [0.4, 0.5) is 5.82 Å². The van der Waals surface area contributed by atoms with E-state index in [0.29, 0.717) is 19.0 Å². The Morgan fingerprint density at radius 2 is 2.21 bits per heavy atom. The number of ether oxygens (including phenoxy) is 1. The summed E-state index contributed by atoms with van der Waals surface area (Å²) in [6.07, 6.45) is 6.11. The van der Waals surface area contributed by atoms with Crippen molar-refractivity contribution >= 4 is 5.82 Å².